The van der Waals surface area contributed by atoms with E-state index in [2.05, 4.69) is 82.3 Å². The first kappa shape index (κ1) is 53.2. The molecule has 16 nitrogen and oxygen atoms in total. The van der Waals surface area contributed by atoms with Crippen LogP contribution in [0.2, 0.25) is 0 Å². The quantitative estimate of drug-likeness (QED) is 0.0596. The van der Waals surface area contributed by atoms with E-state index in [1.54, 1.807) is 57.0 Å². The number of para-hydroxylation sites is 2. The maximum atomic E-state index is 14.6. The molecule has 4 aromatic carbocycles. The monoisotopic (exact) mass is 1060 g/mol. The Hall–Kier alpha value is -6.61. The van der Waals surface area contributed by atoms with Crippen LogP contribution >= 0.6 is 14.3 Å². The number of halogens is 2. The van der Waals surface area contributed by atoms with Crippen molar-refractivity contribution in [3.63, 3.8) is 0 Å². The summed E-state index contributed by atoms with van der Waals surface area (Å²) in [6.07, 6.45) is 6.05. The highest BCUT2D eigenvalue weighted by Crippen LogP contribution is 2.51. The fraction of sp³-hybridized carbons (Fsp3) is 0.400. The Morgan fingerprint density at radius 1 is 0.653 bits per heavy atom. The van der Waals surface area contributed by atoms with Crippen LogP contribution < -0.4 is 52.7 Å². The van der Waals surface area contributed by atoms with Gasteiger partial charge in [0.15, 0.2) is 23.3 Å². The Bertz CT molecular complexity index is 3210. The number of rotatable bonds is 13. The summed E-state index contributed by atoms with van der Waals surface area (Å²) in [7, 11) is -5.14. The highest BCUT2D eigenvalue weighted by Gasteiger charge is 2.53. The molecule has 7 N–H and O–H groups in total. The third kappa shape index (κ3) is 12.4. The first-order valence-electron chi connectivity index (χ1n) is 25.2. The summed E-state index contributed by atoms with van der Waals surface area (Å²) >= 11 is 0. The number of nitrogens with two attached hydrogens (primary N) is 1. The van der Waals surface area contributed by atoms with Crippen LogP contribution in [-0.4, -0.2) is 96.6 Å². The van der Waals surface area contributed by atoms with Gasteiger partial charge in [-0.15, -0.1) is 0 Å². The molecular formula is C55H68F2N12O4P2. The lowest BCUT2D eigenvalue weighted by molar-refractivity contribution is 0.0215. The van der Waals surface area contributed by atoms with Gasteiger partial charge in [0.05, 0.1) is 23.8 Å². The topological polar surface area (TPSA) is 205 Å². The van der Waals surface area contributed by atoms with Crippen molar-refractivity contribution in [2.24, 2.45) is 16.6 Å². The summed E-state index contributed by atoms with van der Waals surface area (Å²) in [6.45, 7) is 20.5. The van der Waals surface area contributed by atoms with Gasteiger partial charge in [-0.3, -0.25) is 0 Å². The van der Waals surface area contributed by atoms with Gasteiger partial charge in [0, 0.05) is 82.5 Å². The fourth-order valence-corrected chi connectivity index (χ4v) is 13.1. The number of alkyl carbamates (subject to hydrolysis) is 1. The second-order valence-corrected chi connectivity index (χ2v) is 29.0. The number of anilines is 10. The molecule has 4 aliphatic rings. The van der Waals surface area contributed by atoms with E-state index in [-0.39, 0.29) is 41.1 Å². The van der Waals surface area contributed by atoms with Crippen molar-refractivity contribution in [2.45, 2.75) is 78.0 Å². The third-order valence-electron chi connectivity index (χ3n) is 14.1. The average Bonchev–Trinajstić information content (AvgIpc) is 3.27. The molecule has 396 valence electrons. The van der Waals surface area contributed by atoms with Gasteiger partial charge >= 0.3 is 6.09 Å². The van der Waals surface area contributed by atoms with Gasteiger partial charge in [-0.05, 0) is 159 Å². The molecule has 2 aromatic heterocycles. The second-order valence-electron chi connectivity index (χ2n) is 22.7. The molecule has 2 saturated heterocycles. The molecule has 0 bridgehead atoms. The minimum atomic E-state index is -2.58. The van der Waals surface area contributed by atoms with Gasteiger partial charge in [0.1, 0.15) is 19.9 Å². The van der Waals surface area contributed by atoms with Crippen molar-refractivity contribution in [2.75, 3.05) is 83.9 Å². The van der Waals surface area contributed by atoms with Crippen LogP contribution in [0.15, 0.2) is 97.3 Å². The molecule has 0 radical (unpaired) electrons. The van der Waals surface area contributed by atoms with Crippen molar-refractivity contribution in [3.8, 4) is 0 Å². The normalized spacial score (nSPS) is 16.9. The molecule has 4 fully saturated rings. The summed E-state index contributed by atoms with van der Waals surface area (Å²) in [5.74, 6) is -0.646. The summed E-state index contributed by atoms with van der Waals surface area (Å²) < 4.78 is 59.8. The standard InChI is InChI=1S/C30H38FN6O3P.C25H30FN6OP/c1-19-13-20(11-12-24(19)37-17-30(18-37)14-21(15-30)34-28(38)40-29(2,3)4)33-27-32-16-22(31)26(36-27)35-23-9-7-8-10-25(23)41(5,6)39;1-16-10-18(8-9-21(16)32-14-25(15-32)11-17(27)12-25)29-24-28-13-19(26)23(31-24)30-20-6-4-5-7-22(20)34(2,3)33/h7-13,16,21H,14-15,17-18H2,1-6H3,(H,34,38)(H2,32,33,35,36);4-10,13,17H,11-12,14-15,27H2,1-3H3,(H2,28,29,30,31). The van der Waals surface area contributed by atoms with Gasteiger partial charge in [0.25, 0.3) is 0 Å². The summed E-state index contributed by atoms with van der Waals surface area (Å²) in [5, 5.41) is 16.6. The molecule has 2 aliphatic heterocycles. The van der Waals surface area contributed by atoms with E-state index in [1.807, 2.05) is 63.2 Å². The second kappa shape index (κ2) is 20.5. The number of aromatic nitrogens is 4. The van der Waals surface area contributed by atoms with E-state index >= 15 is 0 Å². The Labute approximate surface area is 438 Å². The Balaban J connectivity index is 0.000000187. The number of aryl methyl sites for hydroxylation is 2. The lowest BCUT2D eigenvalue weighted by atomic mass is 9.60. The lowest BCUT2D eigenvalue weighted by Crippen LogP contribution is -2.67. The van der Waals surface area contributed by atoms with Crippen molar-refractivity contribution in [1.29, 1.82) is 0 Å². The van der Waals surface area contributed by atoms with E-state index in [9.17, 15) is 22.7 Å². The first-order valence-corrected chi connectivity index (χ1v) is 30.4. The smallest absolute Gasteiger partial charge is 0.407 e. The maximum Gasteiger partial charge on any atom is 0.407 e. The van der Waals surface area contributed by atoms with Crippen LogP contribution in [0.4, 0.5) is 71.2 Å². The van der Waals surface area contributed by atoms with Crippen LogP contribution in [0.3, 0.4) is 0 Å². The predicted octanol–water partition coefficient (Wildman–Crippen LogP) is 10.7. The number of amides is 1. The van der Waals surface area contributed by atoms with Crippen molar-refractivity contribution in [3.05, 3.63) is 120 Å². The van der Waals surface area contributed by atoms with Gasteiger partial charge < -0.3 is 56.0 Å². The molecule has 6 aromatic rings. The van der Waals surface area contributed by atoms with Crippen molar-refractivity contribution < 1.29 is 27.4 Å². The third-order valence-corrected chi connectivity index (χ3v) is 17.2. The Morgan fingerprint density at radius 2 is 1.07 bits per heavy atom. The molecule has 20 heteroatoms. The molecule has 0 unspecified atom stereocenters. The van der Waals surface area contributed by atoms with E-state index in [0.717, 1.165) is 92.4 Å². The zero-order valence-electron chi connectivity index (χ0n) is 44.1. The maximum absolute atomic E-state index is 14.6. The highest BCUT2D eigenvalue weighted by atomic mass is 31.2. The minimum Gasteiger partial charge on any atom is -0.444 e. The SMILES string of the molecule is Cc1cc(Nc2ncc(F)c(Nc3ccccc3P(C)(C)=O)n2)ccc1N1CC2(CC(N)C2)C1.Cc1cc(Nc2ncc(F)c(Nc3ccccc3P(C)(C)=O)n2)ccc1N1CC2(CC(NC(=O)OC(C)(C)C)C2)C1. The number of nitrogens with one attached hydrogen (secondary N) is 5. The van der Waals surface area contributed by atoms with Crippen LogP contribution in [0.25, 0.3) is 0 Å². The van der Waals surface area contributed by atoms with Crippen molar-refractivity contribution in [1.82, 2.24) is 25.3 Å². The zero-order chi connectivity index (χ0) is 53.7. The van der Waals surface area contributed by atoms with Gasteiger partial charge in [0.2, 0.25) is 11.9 Å². The number of benzene rings is 4. The summed E-state index contributed by atoms with van der Waals surface area (Å²) in [4.78, 5) is 33.7. The Morgan fingerprint density at radius 3 is 1.45 bits per heavy atom. The molecule has 0 atom stereocenters. The molecule has 2 saturated carbocycles. The zero-order valence-corrected chi connectivity index (χ0v) is 45.9. The largest absolute Gasteiger partial charge is 0.444 e. The molecule has 10 rings (SSSR count). The Kier molecular flexibility index (Phi) is 14.5. The minimum absolute atomic E-state index is 0.00239. The molecule has 75 heavy (non-hydrogen) atoms. The van der Waals surface area contributed by atoms with Crippen LogP contribution in [0, 0.1) is 36.3 Å². The molecule has 1 amide bonds. The number of ether oxygens (including phenoxy) is 1. The van der Waals surface area contributed by atoms with Crippen LogP contribution in [0.5, 0.6) is 0 Å². The number of carbonyl (C=O) groups is 1. The van der Waals surface area contributed by atoms with Gasteiger partial charge in [-0.2, -0.15) is 9.97 Å². The van der Waals surface area contributed by atoms with E-state index in [1.165, 1.54) is 5.69 Å². The highest BCUT2D eigenvalue weighted by molar-refractivity contribution is 7.70. The summed E-state index contributed by atoms with van der Waals surface area (Å²) in [6, 6.07) is 27.0. The predicted molar refractivity (Wildman–Crippen MR) is 299 cm³/mol. The van der Waals surface area contributed by atoms with Gasteiger partial charge in [-0.25, -0.2) is 23.5 Å². The molecule has 2 aliphatic carbocycles. The van der Waals surface area contributed by atoms with Crippen LogP contribution in [-0.2, 0) is 13.9 Å². The van der Waals surface area contributed by atoms with Crippen molar-refractivity contribution >= 4 is 88.6 Å². The van der Waals surface area contributed by atoms with E-state index < -0.39 is 31.5 Å². The number of carbonyl (C=O) groups excluding carboxylic acids is 1. The van der Waals surface area contributed by atoms with Gasteiger partial charge in [-0.1, -0.05) is 24.3 Å². The average molecular weight is 1060 g/mol. The molecule has 2 spiro atoms. The first-order chi connectivity index (χ1) is 35.3. The number of hydrogen-bond donors (Lipinski definition) is 6. The lowest BCUT2D eigenvalue weighted by Gasteiger charge is -2.60. The summed E-state index contributed by atoms with van der Waals surface area (Å²) in [5.41, 5.74) is 13.5. The number of hydrogen-bond acceptors (Lipinski definition) is 15. The molecule has 4 heterocycles. The number of nitrogens with zero attached hydrogens (tertiary/aromatic N) is 6. The molecular weight excluding hydrogens is 993 g/mol. The van der Waals surface area contributed by atoms with E-state index in [0.29, 0.717) is 33.4 Å². The fourth-order valence-electron chi connectivity index (χ4n) is 10.8. The van der Waals surface area contributed by atoms with Crippen LogP contribution in [0.1, 0.15) is 57.6 Å². The van der Waals surface area contributed by atoms with E-state index in [4.69, 9.17) is 10.5 Å².